The molecule has 8 heteroatoms. The van der Waals surface area contributed by atoms with Gasteiger partial charge in [0.2, 0.25) is 0 Å². The van der Waals surface area contributed by atoms with E-state index in [1.54, 1.807) is 0 Å². The van der Waals surface area contributed by atoms with E-state index in [4.69, 9.17) is 23.2 Å². The van der Waals surface area contributed by atoms with Crippen LogP contribution in [-0.4, -0.2) is 40.4 Å². The third-order valence-electron chi connectivity index (χ3n) is 3.81. The molecule has 2 rings (SSSR count). The van der Waals surface area contributed by atoms with Crippen LogP contribution in [0, 0.1) is 0 Å². The van der Waals surface area contributed by atoms with Crippen LogP contribution in [0.4, 0.5) is 5.69 Å². The van der Waals surface area contributed by atoms with Crippen molar-refractivity contribution in [3.63, 3.8) is 0 Å². The fraction of sp³-hybridized carbons (Fsp3) is 0.500. The molecule has 1 heterocycles. The van der Waals surface area contributed by atoms with Crippen LogP contribution in [0.1, 0.15) is 18.7 Å². The normalized spacial score (nSPS) is 10.6. The number of imidazole rings is 1. The van der Waals surface area contributed by atoms with E-state index < -0.39 is 5.97 Å². The maximum Gasteiger partial charge on any atom is 1.00 e. The fourth-order valence-electron chi connectivity index (χ4n) is 2.62. The summed E-state index contributed by atoms with van der Waals surface area (Å²) in [7, 11) is 1.94. The minimum atomic E-state index is -1.02. The van der Waals surface area contributed by atoms with Crippen LogP contribution in [-0.2, 0) is 18.3 Å². The third kappa shape index (κ3) is 5.32. The third-order valence-corrected chi connectivity index (χ3v) is 4.15. The Hall–Kier alpha value is -0.863. The fourth-order valence-corrected chi connectivity index (χ4v) is 3.03. The first-order valence-electron chi connectivity index (χ1n) is 7.59. The smallest absolute Gasteiger partial charge is 0.550 e. The predicted molar refractivity (Wildman–Crippen MR) is 92.3 cm³/mol. The summed E-state index contributed by atoms with van der Waals surface area (Å²) >= 11 is 11.7. The Balaban J connectivity index is 0.00000288. The van der Waals surface area contributed by atoms with E-state index in [0.717, 1.165) is 35.6 Å². The molecule has 0 N–H and O–H groups in total. The van der Waals surface area contributed by atoms with Gasteiger partial charge in [-0.1, -0.05) is 0 Å². The van der Waals surface area contributed by atoms with Gasteiger partial charge in [-0.25, -0.2) is 4.98 Å². The Morgan fingerprint density at radius 3 is 2.54 bits per heavy atom. The van der Waals surface area contributed by atoms with Crippen molar-refractivity contribution in [2.24, 2.45) is 7.05 Å². The van der Waals surface area contributed by atoms with Gasteiger partial charge < -0.3 is 19.4 Å². The van der Waals surface area contributed by atoms with E-state index in [1.807, 2.05) is 29.8 Å². The molecule has 0 amide bonds. The average molecular weight is 364 g/mol. The summed E-state index contributed by atoms with van der Waals surface area (Å²) in [5, 5.41) is 10.5. The standard InChI is InChI=1S/C16H21Cl2N3O2.Li/c1-20-14-6-5-12(21(9-7-17)10-8-18)11-13(14)19-15(20)3-2-4-16(22)23;/h5-6,11H,2-4,7-10H2,1H3,(H,22,23);/q;+1/p-1. The van der Waals surface area contributed by atoms with Crippen molar-refractivity contribution in [2.45, 2.75) is 19.3 Å². The number of carbonyl (C=O) groups excluding carboxylic acids is 1. The summed E-state index contributed by atoms with van der Waals surface area (Å²) in [5.74, 6) is 0.917. The van der Waals surface area contributed by atoms with Crippen LogP contribution in [0.2, 0.25) is 0 Å². The van der Waals surface area contributed by atoms with Crippen LogP contribution < -0.4 is 28.9 Å². The number of alkyl halides is 2. The van der Waals surface area contributed by atoms with Crippen molar-refractivity contribution in [2.75, 3.05) is 29.7 Å². The summed E-state index contributed by atoms with van der Waals surface area (Å²) in [6.07, 6.45) is 1.19. The average Bonchev–Trinajstić information content (AvgIpc) is 2.83. The zero-order valence-corrected chi connectivity index (χ0v) is 15.6. The number of rotatable bonds is 9. The first-order chi connectivity index (χ1) is 11.1. The number of hydrogen-bond acceptors (Lipinski definition) is 4. The molecule has 0 fully saturated rings. The number of carboxylic acids is 1. The van der Waals surface area contributed by atoms with Crippen LogP contribution in [0.25, 0.3) is 11.0 Å². The van der Waals surface area contributed by atoms with E-state index in [1.165, 1.54) is 0 Å². The Morgan fingerprint density at radius 2 is 1.96 bits per heavy atom. The summed E-state index contributed by atoms with van der Waals surface area (Å²) in [6.45, 7) is 1.45. The number of hydrogen-bond donors (Lipinski definition) is 0. The number of nitrogens with zero attached hydrogens (tertiary/aromatic N) is 3. The van der Waals surface area contributed by atoms with Gasteiger partial charge in [0.1, 0.15) is 5.82 Å². The quantitative estimate of drug-likeness (QED) is 0.420. The second kappa shape index (κ2) is 10.2. The van der Waals surface area contributed by atoms with Crippen molar-refractivity contribution in [3.05, 3.63) is 24.0 Å². The van der Waals surface area contributed by atoms with Crippen molar-refractivity contribution >= 4 is 45.9 Å². The van der Waals surface area contributed by atoms with E-state index in [2.05, 4.69) is 9.88 Å². The second-order valence-electron chi connectivity index (χ2n) is 5.35. The first-order valence-corrected chi connectivity index (χ1v) is 8.65. The monoisotopic (exact) mass is 363 g/mol. The number of carbonyl (C=O) groups is 1. The van der Waals surface area contributed by atoms with Gasteiger partial charge in [0.15, 0.2) is 0 Å². The van der Waals surface area contributed by atoms with E-state index in [-0.39, 0.29) is 25.3 Å². The van der Waals surface area contributed by atoms with Gasteiger partial charge in [0, 0.05) is 50.0 Å². The molecule has 0 saturated carbocycles. The number of anilines is 1. The maximum absolute atomic E-state index is 10.5. The predicted octanol–water partition coefficient (Wildman–Crippen LogP) is -1.07. The molecule has 0 bridgehead atoms. The molecule has 1 aromatic carbocycles. The van der Waals surface area contributed by atoms with Crippen molar-refractivity contribution in [1.29, 1.82) is 0 Å². The Labute approximate surface area is 164 Å². The van der Waals surface area contributed by atoms with Gasteiger partial charge in [-0.05, 0) is 31.0 Å². The number of fused-ring (bicyclic) bond motifs is 1. The number of carboxylic acid groups (broad SMARTS) is 1. The summed E-state index contributed by atoms with van der Waals surface area (Å²) in [6, 6.07) is 6.08. The van der Waals surface area contributed by atoms with Crippen LogP contribution in [0.15, 0.2) is 18.2 Å². The van der Waals surface area contributed by atoms with Crippen LogP contribution in [0.3, 0.4) is 0 Å². The molecule has 5 nitrogen and oxygen atoms in total. The van der Waals surface area contributed by atoms with E-state index >= 15 is 0 Å². The van der Waals surface area contributed by atoms with Gasteiger partial charge >= 0.3 is 18.9 Å². The van der Waals surface area contributed by atoms with Crippen molar-refractivity contribution in [3.8, 4) is 0 Å². The summed E-state index contributed by atoms with van der Waals surface area (Å²) in [4.78, 5) is 17.3. The Bertz CT molecular complexity index is 673. The molecule has 0 atom stereocenters. The molecular weight excluding hydrogens is 344 g/mol. The van der Waals surface area contributed by atoms with Gasteiger partial charge in [-0.3, -0.25) is 0 Å². The molecule has 126 valence electrons. The van der Waals surface area contributed by atoms with Gasteiger partial charge in [0.05, 0.1) is 11.0 Å². The molecule has 0 unspecified atom stereocenters. The molecule has 0 aliphatic rings. The van der Waals surface area contributed by atoms with Gasteiger partial charge in [0.25, 0.3) is 0 Å². The number of benzene rings is 1. The number of aromatic nitrogens is 2. The molecule has 1 aromatic heterocycles. The Kier molecular flexibility index (Phi) is 9.00. The number of aliphatic carboxylic acids is 1. The number of halogens is 2. The maximum atomic E-state index is 10.5. The zero-order chi connectivity index (χ0) is 16.8. The summed E-state index contributed by atoms with van der Waals surface area (Å²) in [5.41, 5.74) is 2.95. The minimum Gasteiger partial charge on any atom is -0.550 e. The second-order valence-corrected chi connectivity index (χ2v) is 6.11. The zero-order valence-electron chi connectivity index (χ0n) is 14.1. The molecule has 0 aliphatic heterocycles. The van der Waals surface area contributed by atoms with Gasteiger partial charge in [-0.2, -0.15) is 0 Å². The topological polar surface area (TPSA) is 61.2 Å². The summed E-state index contributed by atoms with van der Waals surface area (Å²) < 4.78 is 2.00. The number of aryl methyl sites for hydroxylation is 2. The molecular formula is C16H20Cl2LiN3O2. The van der Waals surface area contributed by atoms with Gasteiger partial charge in [-0.15, -0.1) is 23.2 Å². The van der Waals surface area contributed by atoms with Crippen LogP contribution >= 0.6 is 23.2 Å². The first kappa shape index (κ1) is 21.2. The molecule has 2 aromatic rings. The van der Waals surface area contributed by atoms with Crippen LogP contribution in [0.5, 0.6) is 0 Å². The molecule has 24 heavy (non-hydrogen) atoms. The SMILES string of the molecule is Cn1c(CCCC(=O)[O-])nc2cc(N(CCCl)CCCl)ccc21.[Li+]. The minimum absolute atomic E-state index is 0. The molecule has 0 saturated heterocycles. The molecule has 0 aliphatic carbocycles. The van der Waals surface area contributed by atoms with E-state index in [0.29, 0.717) is 24.6 Å². The van der Waals surface area contributed by atoms with Crippen molar-refractivity contribution in [1.82, 2.24) is 9.55 Å². The molecule has 0 spiro atoms. The largest absolute Gasteiger partial charge is 1.00 e. The van der Waals surface area contributed by atoms with E-state index in [9.17, 15) is 9.90 Å². The Morgan fingerprint density at radius 1 is 1.29 bits per heavy atom. The molecule has 0 radical (unpaired) electrons. The van der Waals surface area contributed by atoms with Crippen molar-refractivity contribution < 1.29 is 28.8 Å².